The average molecular weight is 346 g/mol. The summed E-state index contributed by atoms with van der Waals surface area (Å²) >= 11 is 1.36. The second kappa shape index (κ2) is 7.32. The number of carbonyl (C=O) groups is 1. The fourth-order valence-corrected chi connectivity index (χ4v) is 3.29. The molecule has 0 radical (unpaired) electrons. The van der Waals surface area contributed by atoms with E-state index in [1.165, 1.54) is 11.3 Å². The van der Waals surface area contributed by atoms with Gasteiger partial charge in [-0.15, -0.1) is 11.3 Å². The molecule has 6 heteroatoms. The largest absolute Gasteiger partial charge is 0.491 e. The van der Waals surface area contributed by atoms with Crippen LogP contribution in [0.1, 0.15) is 59.6 Å². The zero-order chi connectivity index (χ0) is 17.1. The van der Waals surface area contributed by atoms with Crippen LogP contribution >= 0.6 is 11.3 Å². The SMILES string of the molecule is CC(C)Oc1ccc(C(O)CNC(=O)c2scnc2C2CC2)cc1. The molecule has 1 saturated carbocycles. The predicted molar refractivity (Wildman–Crippen MR) is 93.6 cm³/mol. The molecule has 2 N–H and O–H groups in total. The highest BCUT2D eigenvalue weighted by atomic mass is 32.1. The molecule has 1 aliphatic rings. The predicted octanol–water partition coefficient (Wildman–Crippen LogP) is 3.27. The van der Waals surface area contributed by atoms with Crippen LogP contribution < -0.4 is 10.1 Å². The summed E-state index contributed by atoms with van der Waals surface area (Å²) in [6, 6.07) is 7.29. The van der Waals surface area contributed by atoms with Crippen molar-refractivity contribution >= 4 is 17.2 Å². The van der Waals surface area contributed by atoms with E-state index in [9.17, 15) is 9.90 Å². The standard InChI is InChI=1S/C18H22N2O3S/c1-11(2)23-14-7-5-12(6-8-14)15(21)9-19-18(22)17-16(13-3-4-13)20-10-24-17/h5-8,10-11,13,15,21H,3-4,9H2,1-2H3,(H,19,22). The van der Waals surface area contributed by atoms with Crippen LogP contribution in [-0.4, -0.2) is 28.6 Å². The summed E-state index contributed by atoms with van der Waals surface area (Å²) in [7, 11) is 0. The first-order valence-electron chi connectivity index (χ1n) is 8.21. The molecule has 2 aromatic rings. The molecule has 1 amide bonds. The van der Waals surface area contributed by atoms with E-state index in [0.29, 0.717) is 10.8 Å². The van der Waals surface area contributed by atoms with Gasteiger partial charge in [0.1, 0.15) is 10.6 Å². The molecule has 1 aliphatic carbocycles. The average Bonchev–Trinajstić information content (AvgIpc) is 3.29. The van der Waals surface area contributed by atoms with Crippen LogP contribution in [0.15, 0.2) is 29.8 Å². The molecule has 1 aromatic carbocycles. The Morgan fingerprint density at radius 2 is 2.08 bits per heavy atom. The maximum Gasteiger partial charge on any atom is 0.263 e. The van der Waals surface area contributed by atoms with Crippen molar-refractivity contribution in [3.05, 3.63) is 45.9 Å². The monoisotopic (exact) mass is 346 g/mol. The van der Waals surface area contributed by atoms with E-state index in [-0.39, 0.29) is 18.6 Å². The minimum atomic E-state index is -0.751. The third-order valence-electron chi connectivity index (χ3n) is 3.86. The molecule has 5 nitrogen and oxygen atoms in total. The molecule has 1 unspecified atom stereocenters. The Hall–Kier alpha value is -1.92. The van der Waals surface area contributed by atoms with Gasteiger partial charge in [-0.2, -0.15) is 0 Å². The Bertz CT molecular complexity index is 693. The summed E-state index contributed by atoms with van der Waals surface area (Å²) < 4.78 is 5.58. The molecule has 24 heavy (non-hydrogen) atoms. The Kier molecular flexibility index (Phi) is 5.16. The second-order valence-corrected chi connectivity index (χ2v) is 7.16. The van der Waals surface area contributed by atoms with Gasteiger partial charge in [-0.1, -0.05) is 12.1 Å². The zero-order valence-electron chi connectivity index (χ0n) is 13.9. The van der Waals surface area contributed by atoms with Crippen molar-refractivity contribution in [1.29, 1.82) is 0 Å². The van der Waals surface area contributed by atoms with Crippen LogP contribution in [0.25, 0.3) is 0 Å². The Balaban J connectivity index is 1.55. The topological polar surface area (TPSA) is 71.5 Å². The lowest BCUT2D eigenvalue weighted by atomic mass is 10.1. The molecule has 1 heterocycles. The number of carbonyl (C=O) groups excluding carboxylic acids is 1. The molecule has 128 valence electrons. The van der Waals surface area contributed by atoms with E-state index in [0.717, 1.165) is 29.8 Å². The molecule has 1 aromatic heterocycles. The summed E-state index contributed by atoms with van der Waals surface area (Å²) in [5.41, 5.74) is 3.37. The van der Waals surface area contributed by atoms with E-state index in [1.807, 2.05) is 38.1 Å². The second-order valence-electron chi connectivity index (χ2n) is 6.30. The summed E-state index contributed by atoms with van der Waals surface area (Å²) in [5, 5.41) is 13.1. The van der Waals surface area contributed by atoms with Crippen LogP contribution in [0.2, 0.25) is 0 Å². The lowest BCUT2D eigenvalue weighted by molar-refractivity contribution is 0.0919. The lowest BCUT2D eigenvalue weighted by Gasteiger charge is -2.14. The van der Waals surface area contributed by atoms with Crippen molar-refractivity contribution < 1.29 is 14.6 Å². The number of hydrogen-bond donors (Lipinski definition) is 2. The number of benzene rings is 1. The summed E-state index contributed by atoms with van der Waals surface area (Å²) in [6.45, 7) is 4.10. The number of thiazole rings is 1. The minimum absolute atomic E-state index is 0.111. The molecule has 0 bridgehead atoms. The summed E-state index contributed by atoms with van der Waals surface area (Å²) in [4.78, 5) is 17.3. The van der Waals surface area contributed by atoms with E-state index in [1.54, 1.807) is 5.51 Å². The van der Waals surface area contributed by atoms with Crippen LogP contribution in [0.4, 0.5) is 0 Å². The van der Waals surface area contributed by atoms with Crippen LogP contribution in [0.3, 0.4) is 0 Å². The highest BCUT2D eigenvalue weighted by Gasteiger charge is 2.30. The smallest absolute Gasteiger partial charge is 0.263 e. The molecule has 0 saturated heterocycles. The normalized spacial score (nSPS) is 15.3. The number of aromatic nitrogens is 1. The molecule has 0 spiro atoms. The first kappa shape index (κ1) is 16.9. The Morgan fingerprint density at radius 3 is 2.71 bits per heavy atom. The van der Waals surface area contributed by atoms with Crippen molar-refractivity contribution in [3.63, 3.8) is 0 Å². The van der Waals surface area contributed by atoms with Gasteiger partial charge in [-0.3, -0.25) is 4.79 Å². The molecule has 1 fully saturated rings. The number of aliphatic hydroxyl groups excluding tert-OH is 1. The fourth-order valence-electron chi connectivity index (χ4n) is 2.50. The van der Waals surface area contributed by atoms with Crippen molar-refractivity contribution in [3.8, 4) is 5.75 Å². The van der Waals surface area contributed by atoms with Crippen molar-refractivity contribution in [2.24, 2.45) is 0 Å². The fraction of sp³-hybridized carbons (Fsp3) is 0.444. The number of nitrogens with zero attached hydrogens (tertiary/aromatic N) is 1. The highest BCUT2D eigenvalue weighted by molar-refractivity contribution is 7.11. The third-order valence-corrected chi connectivity index (χ3v) is 4.70. The molecule has 3 rings (SSSR count). The number of amides is 1. The van der Waals surface area contributed by atoms with E-state index in [2.05, 4.69) is 10.3 Å². The van der Waals surface area contributed by atoms with Gasteiger partial charge in [0.2, 0.25) is 0 Å². The van der Waals surface area contributed by atoms with Crippen LogP contribution in [-0.2, 0) is 0 Å². The lowest BCUT2D eigenvalue weighted by Crippen LogP contribution is -2.28. The van der Waals surface area contributed by atoms with Crippen LogP contribution in [0, 0.1) is 0 Å². The number of aliphatic hydroxyl groups is 1. The number of nitrogens with one attached hydrogen (secondary N) is 1. The van der Waals surface area contributed by atoms with Gasteiger partial charge in [-0.25, -0.2) is 4.98 Å². The molecular weight excluding hydrogens is 324 g/mol. The van der Waals surface area contributed by atoms with E-state index < -0.39 is 6.10 Å². The molecule has 0 aliphatic heterocycles. The maximum absolute atomic E-state index is 12.3. The van der Waals surface area contributed by atoms with Crippen molar-refractivity contribution in [2.45, 2.75) is 44.8 Å². The van der Waals surface area contributed by atoms with Gasteiger partial charge >= 0.3 is 0 Å². The quantitative estimate of drug-likeness (QED) is 0.807. The van der Waals surface area contributed by atoms with Gasteiger partial charge in [0, 0.05) is 12.5 Å². The van der Waals surface area contributed by atoms with E-state index >= 15 is 0 Å². The first-order valence-corrected chi connectivity index (χ1v) is 9.09. The van der Waals surface area contributed by atoms with Crippen molar-refractivity contribution in [2.75, 3.05) is 6.54 Å². The molecular formula is C18H22N2O3S. The Labute approximate surface area is 145 Å². The highest BCUT2D eigenvalue weighted by Crippen LogP contribution is 2.41. The minimum Gasteiger partial charge on any atom is -0.491 e. The summed E-state index contributed by atoms with van der Waals surface area (Å²) in [6.07, 6.45) is 1.58. The van der Waals surface area contributed by atoms with Crippen molar-refractivity contribution in [1.82, 2.24) is 10.3 Å². The van der Waals surface area contributed by atoms with Gasteiger partial charge in [0.15, 0.2) is 0 Å². The van der Waals surface area contributed by atoms with Gasteiger partial charge in [0.25, 0.3) is 5.91 Å². The number of rotatable bonds is 7. The van der Waals surface area contributed by atoms with E-state index in [4.69, 9.17) is 4.74 Å². The van der Waals surface area contributed by atoms with Gasteiger partial charge < -0.3 is 15.2 Å². The third kappa shape index (κ3) is 4.13. The van der Waals surface area contributed by atoms with Gasteiger partial charge in [0.05, 0.1) is 23.4 Å². The number of ether oxygens (including phenoxy) is 1. The maximum atomic E-state index is 12.3. The summed E-state index contributed by atoms with van der Waals surface area (Å²) in [5.74, 6) is 1.05. The number of hydrogen-bond acceptors (Lipinski definition) is 5. The molecule has 1 atom stereocenters. The zero-order valence-corrected chi connectivity index (χ0v) is 14.7. The Morgan fingerprint density at radius 1 is 1.38 bits per heavy atom. The van der Waals surface area contributed by atoms with Crippen LogP contribution in [0.5, 0.6) is 5.75 Å². The van der Waals surface area contributed by atoms with Gasteiger partial charge in [-0.05, 0) is 44.4 Å². The first-order chi connectivity index (χ1) is 11.5.